The van der Waals surface area contributed by atoms with Gasteiger partial charge in [-0.25, -0.2) is 22.0 Å². The molecule has 0 amide bonds. The minimum Gasteiger partial charge on any atom is -0.246 e. The van der Waals surface area contributed by atoms with Gasteiger partial charge in [-0.3, -0.25) is 0 Å². The van der Waals surface area contributed by atoms with E-state index < -0.39 is 35.5 Å². The number of hydrogen-bond acceptors (Lipinski definition) is 0. The summed E-state index contributed by atoms with van der Waals surface area (Å²) >= 11 is 0. The fourth-order valence-electron chi connectivity index (χ4n) is 1.68. The summed E-state index contributed by atoms with van der Waals surface area (Å²) in [6.07, 6.45) is 0. The van der Waals surface area contributed by atoms with Crippen molar-refractivity contribution in [2.24, 2.45) is 0 Å². The Morgan fingerprint density at radius 2 is 1.22 bits per heavy atom. The first kappa shape index (κ1) is 12.5. The Morgan fingerprint density at radius 1 is 0.722 bits per heavy atom. The molecule has 0 aliphatic carbocycles. The number of rotatable bonds is 2. The van der Waals surface area contributed by atoms with E-state index >= 15 is 0 Å². The van der Waals surface area contributed by atoms with Gasteiger partial charge in [0.05, 0.1) is 5.56 Å². The van der Waals surface area contributed by atoms with Gasteiger partial charge in [0.1, 0.15) is 29.9 Å². The van der Waals surface area contributed by atoms with Crippen LogP contribution in [0.1, 0.15) is 5.56 Å². The second kappa shape index (κ2) is 4.76. The average Bonchev–Trinajstić information content (AvgIpc) is 2.26. The predicted molar refractivity (Wildman–Crippen MR) is 56.5 cm³/mol. The molecule has 0 saturated heterocycles. The average molecular weight is 258 g/mol. The van der Waals surface area contributed by atoms with Crippen molar-refractivity contribution in [3.63, 3.8) is 0 Å². The quantitative estimate of drug-likeness (QED) is 0.701. The van der Waals surface area contributed by atoms with Gasteiger partial charge in [0.15, 0.2) is 0 Å². The summed E-state index contributed by atoms with van der Waals surface area (Å²) in [5.41, 5.74) is -1.02. The molecule has 0 saturated carbocycles. The summed E-state index contributed by atoms with van der Waals surface area (Å²) in [6, 6.07) is 3.79. The van der Waals surface area contributed by atoms with Gasteiger partial charge >= 0.3 is 0 Å². The fraction of sp³-hybridized carbons (Fsp3) is 0.0769. The molecule has 2 aromatic rings. The lowest BCUT2D eigenvalue weighted by molar-refractivity contribution is 0.478. The van der Waals surface area contributed by atoms with Gasteiger partial charge in [0.25, 0.3) is 0 Å². The number of benzene rings is 2. The Morgan fingerprint density at radius 3 is 1.67 bits per heavy atom. The molecule has 0 nitrogen and oxygen atoms in total. The number of hydrogen-bond donors (Lipinski definition) is 0. The van der Waals surface area contributed by atoms with E-state index in [1.165, 1.54) is 0 Å². The van der Waals surface area contributed by atoms with Crippen molar-refractivity contribution in [2.45, 2.75) is 6.67 Å². The molecule has 0 N–H and O–H groups in total. The van der Waals surface area contributed by atoms with Gasteiger partial charge < -0.3 is 0 Å². The summed E-state index contributed by atoms with van der Waals surface area (Å²) in [6.45, 7) is -1.02. The highest BCUT2D eigenvalue weighted by Gasteiger charge is 2.15. The topological polar surface area (TPSA) is 0 Å². The SMILES string of the molecule is FCc1cc(F)c(-c2cc(F)cc(F)c2)c(F)c1. The van der Waals surface area contributed by atoms with Crippen molar-refractivity contribution in [2.75, 3.05) is 0 Å². The van der Waals surface area contributed by atoms with Crippen LogP contribution in [0.25, 0.3) is 11.1 Å². The second-order valence-electron chi connectivity index (χ2n) is 3.73. The van der Waals surface area contributed by atoms with Crippen LogP contribution in [0.2, 0.25) is 0 Å². The molecule has 0 heterocycles. The highest BCUT2D eigenvalue weighted by atomic mass is 19.1. The minimum atomic E-state index is -1.06. The van der Waals surface area contributed by atoms with E-state index in [9.17, 15) is 22.0 Å². The lowest BCUT2D eigenvalue weighted by Crippen LogP contribution is -1.95. The summed E-state index contributed by atoms with van der Waals surface area (Å²) in [7, 11) is 0. The molecule has 0 bridgehead atoms. The van der Waals surface area contributed by atoms with Gasteiger partial charge in [-0.05, 0) is 35.4 Å². The first-order valence-corrected chi connectivity index (χ1v) is 5.01. The molecule has 2 rings (SSSR count). The Bertz CT molecular complexity index is 549. The van der Waals surface area contributed by atoms with Crippen LogP contribution in [-0.4, -0.2) is 0 Å². The van der Waals surface area contributed by atoms with E-state index in [2.05, 4.69) is 0 Å². The van der Waals surface area contributed by atoms with Crippen LogP contribution in [0.5, 0.6) is 0 Å². The van der Waals surface area contributed by atoms with Crippen molar-refractivity contribution >= 4 is 0 Å². The van der Waals surface area contributed by atoms with Gasteiger partial charge in [-0.2, -0.15) is 0 Å². The van der Waals surface area contributed by atoms with Crippen LogP contribution in [0.4, 0.5) is 22.0 Å². The molecule has 18 heavy (non-hydrogen) atoms. The molecule has 5 heteroatoms. The summed E-state index contributed by atoms with van der Waals surface area (Å²) in [4.78, 5) is 0. The van der Waals surface area contributed by atoms with Crippen molar-refractivity contribution in [1.29, 1.82) is 0 Å². The van der Waals surface area contributed by atoms with Gasteiger partial charge in [0.2, 0.25) is 0 Å². The first-order valence-electron chi connectivity index (χ1n) is 5.01. The molecule has 94 valence electrons. The third-order valence-corrected chi connectivity index (χ3v) is 2.41. The van der Waals surface area contributed by atoms with E-state index in [0.29, 0.717) is 6.07 Å². The van der Waals surface area contributed by atoms with Crippen LogP contribution in [-0.2, 0) is 6.67 Å². The zero-order valence-electron chi connectivity index (χ0n) is 8.98. The molecule has 0 unspecified atom stereocenters. The molecule has 2 aromatic carbocycles. The van der Waals surface area contributed by atoms with Crippen LogP contribution < -0.4 is 0 Å². The second-order valence-corrected chi connectivity index (χ2v) is 3.73. The predicted octanol–water partition coefficient (Wildman–Crippen LogP) is 4.38. The maximum absolute atomic E-state index is 13.6. The molecular weight excluding hydrogens is 251 g/mol. The molecule has 0 fully saturated rings. The monoisotopic (exact) mass is 258 g/mol. The molecule has 0 atom stereocenters. The molecule has 0 aromatic heterocycles. The fourth-order valence-corrected chi connectivity index (χ4v) is 1.68. The van der Waals surface area contributed by atoms with Crippen LogP contribution in [0.15, 0.2) is 30.3 Å². The lowest BCUT2D eigenvalue weighted by Gasteiger charge is -2.07. The van der Waals surface area contributed by atoms with E-state index in [1.807, 2.05) is 0 Å². The van der Waals surface area contributed by atoms with Crippen LogP contribution >= 0.6 is 0 Å². The van der Waals surface area contributed by atoms with E-state index in [4.69, 9.17) is 0 Å². The van der Waals surface area contributed by atoms with Crippen molar-refractivity contribution in [1.82, 2.24) is 0 Å². The van der Waals surface area contributed by atoms with E-state index in [0.717, 1.165) is 24.3 Å². The van der Waals surface area contributed by atoms with Crippen molar-refractivity contribution < 1.29 is 22.0 Å². The maximum atomic E-state index is 13.6. The van der Waals surface area contributed by atoms with E-state index in [-0.39, 0.29) is 11.1 Å². The zero-order chi connectivity index (χ0) is 13.3. The Hall–Kier alpha value is -1.91. The highest BCUT2D eigenvalue weighted by molar-refractivity contribution is 5.65. The first-order chi connectivity index (χ1) is 8.51. The third kappa shape index (κ3) is 2.34. The standard InChI is InChI=1S/C13H7F5/c14-6-7-1-11(17)13(12(18)2-7)8-3-9(15)5-10(16)4-8/h1-5H,6H2. The molecule has 0 radical (unpaired) electrons. The zero-order valence-corrected chi connectivity index (χ0v) is 8.98. The number of halogens is 5. The molecule has 0 spiro atoms. The van der Waals surface area contributed by atoms with Gasteiger partial charge in [-0.15, -0.1) is 0 Å². The highest BCUT2D eigenvalue weighted by Crippen LogP contribution is 2.28. The Balaban J connectivity index is 2.63. The van der Waals surface area contributed by atoms with Crippen molar-refractivity contribution in [3.05, 3.63) is 59.2 Å². The molecule has 0 aliphatic heterocycles. The normalized spacial score (nSPS) is 10.7. The maximum Gasteiger partial charge on any atom is 0.134 e. The van der Waals surface area contributed by atoms with Gasteiger partial charge in [-0.1, -0.05) is 0 Å². The number of alkyl halides is 1. The largest absolute Gasteiger partial charge is 0.246 e. The molecule has 0 aliphatic rings. The third-order valence-electron chi connectivity index (χ3n) is 2.41. The summed E-state index contributed by atoms with van der Waals surface area (Å²) in [5.74, 6) is -4.02. The smallest absolute Gasteiger partial charge is 0.134 e. The van der Waals surface area contributed by atoms with Gasteiger partial charge in [0, 0.05) is 6.07 Å². The van der Waals surface area contributed by atoms with E-state index in [1.54, 1.807) is 0 Å². The summed E-state index contributed by atoms with van der Waals surface area (Å²) < 4.78 is 65.4. The minimum absolute atomic E-state index is 0.175. The van der Waals surface area contributed by atoms with Crippen LogP contribution in [0.3, 0.4) is 0 Å². The molecular formula is C13H7F5. The Labute approximate surface area is 99.7 Å². The van der Waals surface area contributed by atoms with Crippen LogP contribution in [0, 0.1) is 23.3 Å². The lowest BCUT2D eigenvalue weighted by atomic mass is 10.0. The summed E-state index contributed by atoms with van der Waals surface area (Å²) in [5, 5.41) is 0. The Kier molecular flexibility index (Phi) is 3.32. The van der Waals surface area contributed by atoms with Crippen molar-refractivity contribution in [3.8, 4) is 11.1 Å².